The van der Waals surface area contributed by atoms with E-state index >= 15 is 0 Å². The molecule has 47 heteroatoms. The van der Waals surface area contributed by atoms with E-state index in [0.29, 0.717) is 25.8 Å². The number of carbonyl (C=O) groups is 15. The van der Waals surface area contributed by atoms with Gasteiger partial charge >= 0.3 is 5.97 Å². The first-order valence-electron chi connectivity index (χ1n) is 34.3. The summed E-state index contributed by atoms with van der Waals surface area (Å²) in [6.07, 6.45) is -0.700. The minimum absolute atomic E-state index is 0.00557. The first kappa shape index (κ1) is 91.5. The first-order chi connectivity index (χ1) is 50.7. The van der Waals surface area contributed by atoms with Crippen molar-refractivity contribution in [3.63, 3.8) is 0 Å². The van der Waals surface area contributed by atoms with E-state index in [1.807, 2.05) is 0 Å². The minimum atomic E-state index is -1.86. The molecule has 0 spiro atoms. The first-order valence-corrected chi connectivity index (χ1v) is 35.6. The number of nitrogens with one attached hydrogen (secondary N) is 13. The summed E-state index contributed by atoms with van der Waals surface area (Å²) < 4.78 is 0. The van der Waals surface area contributed by atoms with Crippen LogP contribution in [0.2, 0.25) is 0 Å². The summed E-state index contributed by atoms with van der Waals surface area (Å²) in [6.45, 7) is -2.35. The molecule has 31 N–H and O–H groups in total. The van der Waals surface area contributed by atoms with Crippen molar-refractivity contribution >= 4 is 132 Å². The molecule has 3 rings (SSSR count). The highest BCUT2D eigenvalue weighted by atomic mass is 32.1. The number of aliphatic hydroxyl groups is 5. The second-order valence-electron chi connectivity index (χ2n) is 25.1. The Morgan fingerprint density at radius 1 is 0.449 bits per heavy atom. The number of aliphatic imine (C=N–C) groups is 3. The number of amides is 14. The molecule has 0 unspecified atom stereocenters. The summed E-state index contributed by atoms with van der Waals surface area (Å²) in [5, 5.41) is 92.2. The molecule has 3 aliphatic heterocycles. The molecule has 3 heterocycles. The quantitative estimate of drug-likeness (QED) is 0.0116. The maximum atomic E-state index is 14.4. The molecule has 0 aromatic heterocycles. The fourth-order valence-corrected chi connectivity index (χ4v) is 11.6. The molecule has 3 aliphatic rings. The van der Waals surface area contributed by atoms with Gasteiger partial charge in [0, 0.05) is 44.2 Å². The summed E-state index contributed by atoms with van der Waals surface area (Å²) in [5.41, 5.74) is 32.8. The van der Waals surface area contributed by atoms with Gasteiger partial charge in [0.25, 0.3) is 0 Å². The molecule has 602 valence electrons. The van der Waals surface area contributed by atoms with E-state index in [4.69, 9.17) is 34.4 Å². The lowest BCUT2D eigenvalue weighted by atomic mass is 10.0. The molecule has 107 heavy (non-hydrogen) atoms. The zero-order chi connectivity index (χ0) is 80.2. The van der Waals surface area contributed by atoms with Crippen LogP contribution in [0.3, 0.4) is 0 Å². The van der Waals surface area contributed by atoms with Gasteiger partial charge in [0.2, 0.25) is 82.7 Å². The van der Waals surface area contributed by atoms with Crippen LogP contribution in [0.1, 0.15) is 90.9 Å². The van der Waals surface area contributed by atoms with E-state index in [1.54, 1.807) is 0 Å². The summed E-state index contributed by atoms with van der Waals surface area (Å²) in [4.78, 5) is 216. The van der Waals surface area contributed by atoms with Gasteiger partial charge in [-0.3, -0.25) is 86.9 Å². The number of nitrogens with two attached hydrogens (primary N) is 6. The molecule has 45 nitrogen and oxygen atoms in total. The predicted molar refractivity (Wildman–Crippen MR) is 386 cm³/mol. The highest BCUT2D eigenvalue weighted by molar-refractivity contribution is 7.80. The fourth-order valence-electron chi connectivity index (χ4n) is 11.1. The van der Waals surface area contributed by atoms with Gasteiger partial charge in [-0.1, -0.05) is 0 Å². The van der Waals surface area contributed by atoms with Crippen molar-refractivity contribution in [2.45, 2.75) is 182 Å². The van der Waals surface area contributed by atoms with Crippen molar-refractivity contribution in [3.8, 4) is 0 Å². The Morgan fingerprint density at radius 2 is 0.794 bits per heavy atom. The van der Waals surface area contributed by atoms with Crippen molar-refractivity contribution in [1.82, 2.24) is 78.9 Å². The van der Waals surface area contributed by atoms with Crippen LogP contribution in [0.5, 0.6) is 0 Å². The Hall–Kier alpha value is -9.68. The zero-order valence-electron chi connectivity index (χ0n) is 59.2. The molecule has 15 atom stereocenters. The van der Waals surface area contributed by atoms with E-state index in [-0.39, 0.29) is 114 Å². The van der Waals surface area contributed by atoms with Crippen LogP contribution < -0.4 is 104 Å². The number of hydrogen-bond acceptors (Lipinski definition) is 26. The smallest absolute Gasteiger partial charge is 0.325 e. The van der Waals surface area contributed by atoms with E-state index < -0.39 is 218 Å². The van der Waals surface area contributed by atoms with Crippen LogP contribution in [-0.4, -0.2) is 321 Å². The monoisotopic (exact) mass is 1560 g/mol. The lowest BCUT2D eigenvalue weighted by Gasteiger charge is -2.32. The second-order valence-corrected chi connectivity index (χ2v) is 25.8. The summed E-state index contributed by atoms with van der Waals surface area (Å²) in [6, 6.07) is -21.0. The van der Waals surface area contributed by atoms with Crippen LogP contribution >= 0.6 is 25.3 Å². The highest BCUT2D eigenvalue weighted by Gasteiger charge is 2.43. The molecule has 0 bridgehead atoms. The number of carboxylic acid groups (broad SMARTS) is 1. The Labute approximate surface area is 625 Å². The maximum absolute atomic E-state index is 14.4. The summed E-state index contributed by atoms with van der Waals surface area (Å²) in [7, 11) is 0. The van der Waals surface area contributed by atoms with Gasteiger partial charge in [-0.25, -0.2) is 0 Å². The average molecular weight is 1560 g/mol. The number of carbonyl (C=O) groups excluding carboxylic acids is 14. The van der Waals surface area contributed by atoms with E-state index in [0.717, 1.165) is 16.7 Å². The van der Waals surface area contributed by atoms with Gasteiger partial charge < -0.3 is 144 Å². The van der Waals surface area contributed by atoms with E-state index in [2.05, 4.69) is 109 Å². The normalized spacial score (nSPS) is 18.6. The number of nitrogens with zero attached hydrogens (tertiary/aromatic N) is 5. The molecule has 3 saturated heterocycles. The standard InChI is InChI=1S/C60H104N24O21S2/c1-28(57(104)105)72-52(99)38(26-106)81-54(101)40-13-7-19-83(40)42(90)21-71-44(91)31(10-4-16-68-58(61)62)73-48(95)35(23-86)78-53(100)39(27-107)80-51(98)37(25-88)79-55(102)41-14-8-20-84(41)56(103)43(29(2)89)82-47(94)33(12-6-18-70-60(65)66)74-46(93)32(11-5-17-69-59(63)64)75-49(96)34(22-85)77-50(97)36(24-87)76-45(92)30-9-3-15-67-30/h28-41,43,67,85-89,106-107H,3-27H2,1-2H3,(H,71,91)(H,72,99)(H,73,95)(H,74,93)(H,75,96)(H,76,92)(H,77,97)(H,78,100)(H,79,102)(H,80,98)(H,81,101)(H,82,94)(H,104,105)(H4,61,62,68)(H4,63,64,69)(H4,65,66,70)/t28-,29+,30-,31-,32-,33-,34-,35-,36-,37-,38-,39-,40-,41-,43-/m0/s1. The topological polar surface area (TPSA) is 734 Å². The van der Waals surface area contributed by atoms with Gasteiger partial charge in [0.1, 0.15) is 78.5 Å². The molecule has 0 saturated carbocycles. The third kappa shape index (κ3) is 30.6. The van der Waals surface area contributed by atoms with Crippen molar-refractivity contribution in [3.05, 3.63) is 0 Å². The summed E-state index contributed by atoms with van der Waals surface area (Å²) >= 11 is 8.21. The van der Waals surface area contributed by atoms with Crippen molar-refractivity contribution in [2.24, 2.45) is 49.4 Å². The second kappa shape index (κ2) is 47.1. The van der Waals surface area contributed by atoms with Crippen LogP contribution in [0.4, 0.5) is 0 Å². The number of aliphatic carboxylic acids is 1. The molecule has 14 amide bonds. The minimum Gasteiger partial charge on any atom is -0.480 e. The zero-order valence-corrected chi connectivity index (χ0v) is 61.0. The van der Waals surface area contributed by atoms with Gasteiger partial charge in [0.05, 0.1) is 45.1 Å². The van der Waals surface area contributed by atoms with Gasteiger partial charge in [-0.15, -0.1) is 0 Å². The molecule has 0 aliphatic carbocycles. The molecule has 0 radical (unpaired) electrons. The third-order valence-electron chi connectivity index (χ3n) is 16.9. The third-order valence-corrected chi connectivity index (χ3v) is 17.6. The Morgan fingerprint density at radius 3 is 1.20 bits per heavy atom. The lowest BCUT2D eigenvalue weighted by molar-refractivity contribution is -0.145. The number of aliphatic hydroxyl groups excluding tert-OH is 5. The van der Waals surface area contributed by atoms with E-state index in [9.17, 15) is 103 Å². The average Bonchev–Trinajstić information content (AvgIpc) is 1.75. The van der Waals surface area contributed by atoms with Crippen molar-refractivity contribution < 1.29 is 103 Å². The van der Waals surface area contributed by atoms with Crippen LogP contribution in [0, 0.1) is 0 Å². The molecular formula is C60H104N24O21S2. The number of guanidine groups is 3. The Bertz CT molecular complexity index is 3180. The number of rotatable bonds is 46. The molecule has 0 aromatic rings. The van der Waals surface area contributed by atoms with Crippen LogP contribution in [0.25, 0.3) is 0 Å². The van der Waals surface area contributed by atoms with Crippen molar-refractivity contribution in [2.75, 3.05) is 83.7 Å². The Balaban J connectivity index is 1.76. The summed E-state index contributed by atoms with van der Waals surface area (Å²) in [5.74, 6) is -16.9. The van der Waals surface area contributed by atoms with Crippen LogP contribution in [0.15, 0.2) is 15.0 Å². The van der Waals surface area contributed by atoms with Gasteiger partial charge in [-0.05, 0) is 97.4 Å². The van der Waals surface area contributed by atoms with Crippen LogP contribution in [-0.2, 0) is 71.9 Å². The Kier molecular flexibility index (Phi) is 40.3. The molecule has 3 fully saturated rings. The number of carboxylic acids is 1. The fraction of sp³-hybridized carbons (Fsp3) is 0.700. The largest absolute Gasteiger partial charge is 0.480 e. The van der Waals surface area contributed by atoms with Gasteiger partial charge in [-0.2, -0.15) is 25.3 Å². The molecule has 0 aromatic carbocycles. The highest BCUT2D eigenvalue weighted by Crippen LogP contribution is 2.21. The van der Waals surface area contributed by atoms with Crippen molar-refractivity contribution in [1.29, 1.82) is 0 Å². The van der Waals surface area contributed by atoms with E-state index in [1.165, 1.54) is 6.92 Å². The number of hydrogen-bond donors (Lipinski definition) is 27. The molecular weight excluding hydrogens is 1460 g/mol. The lowest BCUT2D eigenvalue weighted by Crippen LogP contribution is -2.62. The predicted octanol–water partition coefficient (Wildman–Crippen LogP) is -14.4. The number of likely N-dealkylation sites (tertiary alicyclic amines) is 2. The maximum Gasteiger partial charge on any atom is 0.325 e. The SMILES string of the molecule is C[C@H](NC(=O)[C@H](CS)NC(=O)[C@@H]1CCCN1C(=O)CNC(=O)[C@H](CCCN=C(N)N)NC(=O)[C@H](CO)NC(=O)[C@H](CS)NC(=O)[C@H](CO)NC(=O)[C@@H]1CCCN1C(=O)[C@@H](NC(=O)[C@H](CCCN=C(N)N)NC(=O)[C@H](CCCN=C(N)N)NC(=O)[C@H](CO)NC(=O)[C@H](CO)NC(=O)[C@@H]1CCCN1)[C@@H](C)O)C(=O)O. The van der Waals surface area contributed by atoms with Gasteiger partial charge in [0.15, 0.2) is 17.9 Å². The number of thiol groups is 2.